The highest BCUT2D eigenvalue weighted by Gasteiger charge is 2.26. The van der Waals surface area contributed by atoms with Crippen LogP contribution in [-0.4, -0.2) is 34.5 Å². The Bertz CT molecular complexity index is 1210. The fraction of sp³-hybridized carbons (Fsp3) is 0.160. The maximum absolute atomic E-state index is 13.4. The highest BCUT2D eigenvalue weighted by Crippen LogP contribution is 2.28. The number of hydrogen-bond acceptors (Lipinski definition) is 4. The number of benzene rings is 3. The lowest BCUT2D eigenvalue weighted by molar-refractivity contribution is 0.0954. The molecule has 0 heterocycles. The fourth-order valence-electron chi connectivity index (χ4n) is 3.23. The van der Waals surface area contributed by atoms with Crippen molar-refractivity contribution < 1.29 is 17.9 Å². The number of carbonyl (C=O) groups is 1. The van der Waals surface area contributed by atoms with Gasteiger partial charge in [-0.1, -0.05) is 48.0 Å². The van der Waals surface area contributed by atoms with E-state index in [2.05, 4.69) is 11.9 Å². The Morgan fingerprint density at radius 2 is 1.79 bits per heavy atom. The summed E-state index contributed by atoms with van der Waals surface area (Å²) in [5, 5.41) is 2.98. The summed E-state index contributed by atoms with van der Waals surface area (Å²) in [5.74, 6) is 0.170. The SMILES string of the molecule is C=CCN(c1ccc(OC)cc1)S(=O)(=O)c1ccc(Cl)c(C(=O)NCCc2ccccc2)c1. The van der Waals surface area contributed by atoms with Crippen molar-refractivity contribution in [1.82, 2.24) is 5.32 Å². The Hall–Kier alpha value is -3.29. The summed E-state index contributed by atoms with van der Waals surface area (Å²) in [5.41, 5.74) is 1.62. The molecule has 3 aromatic rings. The molecule has 1 N–H and O–H groups in total. The zero-order chi connectivity index (χ0) is 23.8. The minimum atomic E-state index is -3.99. The van der Waals surface area contributed by atoms with Gasteiger partial charge in [-0.05, 0) is 54.4 Å². The van der Waals surface area contributed by atoms with Gasteiger partial charge in [0.05, 0.1) is 34.8 Å². The third-order valence-electron chi connectivity index (χ3n) is 4.97. The van der Waals surface area contributed by atoms with Crippen molar-refractivity contribution in [2.75, 3.05) is 24.5 Å². The summed E-state index contributed by atoms with van der Waals surface area (Å²) in [6, 6.07) is 20.5. The minimum absolute atomic E-state index is 0.0437. The van der Waals surface area contributed by atoms with E-state index in [9.17, 15) is 13.2 Å². The van der Waals surface area contributed by atoms with E-state index in [4.69, 9.17) is 16.3 Å². The molecule has 0 bridgehead atoms. The molecule has 3 aromatic carbocycles. The number of halogens is 1. The van der Waals surface area contributed by atoms with Gasteiger partial charge in [0.2, 0.25) is 0 Å². The molecule has 0 saturated carbocycles. The number of amides is 1. The Labute approximate surface area is 199 Å². The number of rotatable bonds is 10. The van der Waals surface area contributed by atoms with Crippen LogP contribution < -0.4 is 14.4 Å². The molecule has 0 aliphatic carbocycles. The van der Waals surface area contributed by atoms with Crippen LogP contribution in [0.2, 0.25) is 5.02 Å². The highest BCUT2D eigenvalue weighted by atomic mass is 35.5. The lowest BCUT2D eigenvalue weighted by atomic mass is 10.1. The molecule has 0 radical (unpaired) electrons. The van der Waals surface area contributed by atoms with Crippen LogP contribution in [0.25, 0.3) is 0 Å². The van der Waals surface area contributed by atoms with E-state index < -0.39 is 15.9 Å². The summed E-state index contributed by atoms with van der Waals surface area (Å²) in [6.07, 6.45) is 2.14. The summed E-state index contributed by atoms with van der Waals surface area (Å²) in [7, 11) is -2.45. The normalized spacial score (nSPS) is 11.0. The smallest absolute Gasteiger partial charge is 0.264 e. The average molecular weight is 485 g/mol. The largest absolute Gasteiger partial charge is 0.497 e. The molecule has 172 valence electrons. The molecule has 0 fully saturated rings. The first-order valence-electron chi connectivity index (χ1n) is 10.3. The van der Waals surface area contributed by atoms with Crippen molar-refractivity contribution in [2.45, 2.75) is 11.3 Å². The van der Waals surface area contributed by atoms with Crippen LogP contribution >= 0.6 is 11.6 Å². The van der Waals surface area contributed by atoms with Crippen LogP contribution in [0, 0.1) is 0 Å². The summed E-state index contributed by atoms with van der Waals surface area (Å²) >= 11 is 6.23. The molecule has 0 unspecified atom stereocenters. The first kappa shape index (κ1) is 24.4. The van der Waals surface area contributed by atoms with Gasteiger partial charge in [-0.3, -0.25) is 9.10 Å². The number of carbonyl (C=O) groups excluding carboxylic acids is 1. The fourth-order valence-corrected chi connectivity index (χ4v) is 4.90. The van der Waals surface area contributed by atoms with Gasteiger partial charge >= 0.3 is 0 Å². The Balaban J connectivity index is 1.84. The number of nitrogens with one attached hydrogen (secondary N) is 1. The third kappa shape index (κ3) is 5.94. The number of sulfonamides is 1. The predicted molar refractivity (Wildman–Crippen MR) is 132 cm³/mol. The summed E-state index contributed by atoms with van der Waals surface area (Å²) < 4.78 is 33.2. The predicted octanol–water partition coefficient (Wildman–Crippen LogP) is 4.70. The van der Waals surface area contributed by atoms with Crippen molar-refractivity contribution >= 4 is 33.2 Å². The van der Waals surface area contributed by atoms with E-state index in [1.165, 1.54) is 35.7 Å². The van der Waals surface area contributed by atoms with E-state index in [0.717, 1.165) is 5.56 Å². The van der Waals surface area contributed by atoms with Crippen LogP contribution in [0.3, 0.4) is 0 Å². The molecule has 0 spiro atoms. The second-order valence-corrected chi connectivity index (χ2v) is 9.43. The molecule has 1 amide bonds. The zero-order valence-corrected chi connectivity index (χ0v) is 19.8. The van der Waals surface area contributed by atoms with Gasteiger partial charge < -0.3 is 10.1 Å². The van der Waals surface area contributed by atoms with Gasteiger partial charge in [-0.25, -0.2) is 8.42 Å². The minimum Gasteiger partial charge on any atom is -0.497 e. The number of anilines is 1. The molecule has 0 atom stereocenters. The molecule has 0 aromatic heterocycles. The van der Waals surface area contributed by atoms with Crippen LogP contribution in [0.5, 0.6) is 5.75 Å². The number of methoxy groups -OCH3 is 1. The number of ether oxygens (including phenoxy) is 1. The van der Waals surface area contributed by atoms with E-state index in [1.807, 2.05) is 30.3 Å². The Morgan fingerprint density at radius 3 is 2.42 bits per heavy atom. The van der Waals surface area contributed by atoms with Gasteiger partial charge in [0.15, 0.2) is 0 Å². The van der Waals surface area contributed by atoms with Crippen molar-refractivity contribution in [2.24, 2.45) is 0 Å². The molecule has 33 heavy (non-hydrogen) atoms. The first-order valence-corrected chi connectivity index (χ1v) is 12.1. The zero-order valence-electron chi connectivity index (χ0n) is 18.2. The topological polar surface area (TPSA) is 75.7 Å². The van der Waals surface area contributed by atoms with Crippen LogP contribution in [0.1, 0.15) is 15.9 Å². The van der Waals surface area contributed by atoms with Crippen LogP contribution in [0.4, 0.5) is 5.69 Å². The summed E-state index contributed by atoms with van der Waals surface area (Å²) in [6.45, 7) is 4.11. The van der Waals surface area contributed by atoms with Gasteiger partial charge in [-0.15, -0.1) is 6.58 Å². The van der Waals surface area contributed by atoms with Gasteiger partial charge in [0, 0.05) is 6.54 Å². The number of nitrogens with zero attached hydrogens (tertiary/aromatic N) is 1. The summed E-state index contributed by atoms with van der Waals surface area (Å²) in [4.78, 5) is 12.7. The molecule has 0 aliphatic rings. The van der Waals surface area contributed by atoms with E-state index in [-0.39, 0.29) is 22.0 Å². The van der Waals surface area contributed by atoms with E-state index in [1.54, 1.807) is 24.3 Å². The second kappa shape index (κ2) is 11.0. The van der Waals surface area contributed by atoms with Crippen LogP contribution in [-0.2, 0) is 16.4 Å². The molecule has 3 rings (SSSR count). The molecular weight excluding hydrogens is 460 g/mol. The first-order chi connectivity index (χ1) is 15.9. The maximum atomic E-state index is 13.4. The molecule has 0 saturated heterocycles. The highest BCUT2D eigenvalue weighted by molar-refractivity contribution is 7.92. The van der Waals surface area contributed by atoms with E-state index in [0.29, 0.717) is 24.4 Å². The maximum Gasteiger partial charge on any atom is 0.264 e. The van der Waals surface area contributed by atoms with Crippen molar-refractivity contribution in [1.29, 1.82) is 0 Å². The quantitative estimate of drug-likeness (QED) is 0.423. The average Bonchev–Trinajstić information content (AvgIpc) is 2.83. The van der Waals surface area contributed by atoms with Gasteiger partial charge in [0.25, 0.3) is 15.9 Å². The lowest BCUT2D eigenvalue weighted by Gasteiger charge is -2.23. The van der Waals surface area contributed by atoms with Crippen molar-refractivity contribution in [3.63, 3.8) is 0 Å². The van der Waals surface area contributed by atoms with Crippen LogP contribution in [0.15, 0.2) is 90.3 Å². The third-order valence-corrected chi connectivity index (χ3v) is 7.09. The molecule has 8 heteroatoms. The van der Waals surface area contributed by atoms with Crippen molar-refractivity contribution in [3.8, 4) is 5.75 Å². The lowest BCUT2D eigenvalue weighted by Crippen LogP contribution is -2.31. The monoisotopic (exact) mass is 484 g/mol. The Morgan fingerprint density at radius 1 is 1.09 bits per heavy atom. The van der Waals surface area contributed by atoms with E-state index >= 15 is 0 Å². The van der Waals surface area contributed by atoms with Gasteiger partial charge in [-0.2, -0.15) is 0 Å². The number of hydrogen-bond donors (Lipinski definition) is 1. The molecule has 0 aliphatic heterocycles. The molecular formula is C25H25ClN2O4S. The van der Waals surface area contributed by atoms with Gasteiger partial charge in [0.1, 0.15) is 5.75 Å². The standard InChI is InChI=1S/C25H25ClN2O4S/c1-3-17-28(20-9-11-21(32-2)12-10-20)33(30,31)22-13-14-24(26)23(18-22)25(29)27-16-15-19-7-5-4-6-8-19/h3-14,18H,1,15-17H2,2H3,(H,27,29). The molecule has 6 nitrogen and oxygen atoms in total. The second-order valence-electron chi connectivity index (χ2n) is 7.16. The Kier molecular flexibility index (Phi) is 8.14. The van der Waals surface area contributed by atoms with Crippen molar-refractivity contribution in [3.05, 3.63) is 102 Å².